The number of benzene rings is 1. The minimum absolute atomic E-state index is 0.530. The fourth-order valence-corrected chi connectivity index (χ4v) is 1.46. The molecule has 0 aliphatic rings. The van der Waals surface area contributed by atoms with E-state index in [1.807, 2.05) is 0 Å². The Labute approximate surface area is 95.1 Å². The van der Waals surface area contributed by atoms with Gasteiger partial charge < -0.3 is 4.18 Å². The Morgan fingerprint density at radius 1 is 1.18 bits per heavy atom. The number of nitro benzene ring substituents is 2. The van der Waals surface area contributed by atoms with E-state index in [0.717, 1.165) is 12.1 Å². The lowest BCUT2D eigenvalue weighted by atomic mass is 10.2. The molecule has 17 heavy (non-hydrogen) atoms. The molecular formula is C7H6N2O7S. The van der Waals surface area contributed by atoms with Crippen molar-refractivity contribution in [3.05, 3.63) is 38.4 Å². The highest BCUT2D eigenvalue weighted by Gasteiger charge is 2.23. The van der Waals surface area contributed by atoms with E-state index in [4.69, 9.17) is 0 Å². The number of nitro groups is 2. The summed E-state index contributed by atoms with van der Waals surface area (Å²) < 4.78 is 26.0. The monoisotopic (exact) mass is 262 g/mol. The maximum Gasteiger partial charge on any atom is 0.319 e. The predicted molar refractivity (Wildman–Crippen MR) is 55.2 cm³/mol. The zero-order valence-corrected chi connectivity index (χ0v) is 9.21. The van der Waals surface area contributed by atoms with Gasteiger partial charge in [0.05, 0.1) is 22.2 Å². The van der Waals surface area contributed by atoms with Crippen molar-refractivity contribution in [1.82, 2.24) is 0 Å². The van der Waals surface area contributed by atoms with Crippen LogP contribution in [0, 0.1) is 20.2 Å². The summed E-state index contributed by atoms with van der Waals surface area (Å²) in [5.41, 5.74) is -1.32. The van der Waals surface area contributed by atoms with Gasteiger partial charge in [-0.2, -0.15) is 8.42 Å². The van der Waals surface area contributed by atoms with E-state index in [9.17, 15) is 28.6 Å². The molecule has 0 saturated carbocycles. The lowest BCUT2D eigenvalue weighted by Gasteiger charge is -2.02. The molecule has 0 atom stereocenters. The molecule has 0 aromatic heterocycles. The summed E-state index contributed by atoms with van der Waals surface area (Å²) in [6.07, 6.45) is 0.706. The Morgan fingerprint density at radius 2 is 1.76 bits per heavy atom. The zero-order valence-electron chi connectivity index (χ0n) is 8.39. The normalized spacial score (nSPS) is 10.9. The molecule has 0 radical (unpaired) electrons. The first-order chi connectivity index (χ1) is 7.70. The second-order valence-corrected chi connectivity index (χ2v) is 4.53. The molecule has 0 heterocycles. The molecule has 0 fully saturated rings. The summed E-state index contributed by atoms with van der Waals surface area (Å²) in [5.74, 6) is -0.567. The van der Waals surface area contributed by atoms with Crippen LogP contribution in [0.3, 0.4) is 0 Å². The average Bonchev–Trinajstić information content (AvgIpc) is 2.14. The maximum absolute atomic E-state index is 10.8. The molecule has 0 amide bonds. The molecule has 1 aromatic rings. The van der Waals surface area contributed by atoms with Crippen molar-refractivity contribution < 1.29 is 22.4 Å². The van der Waals surface area contributed by atoms with Crippen LogP contribution in [-0.2, 0) is 10.1 Å². The van der Waals surface area contributed by atoms with Crippen LogP contribution in [0.2, 0.25) is 0 Å². The second kappa shape index (κ2) is 4.33. The molecule has 0 aliphatic heterocycles. The lowest BCUT2D eigenvalue weighted by Crippen LogP contribution is -2.07. The molecule has 10 heteroatoms. The maximum atomic E-state index is 10.8. The number of rotatable bonds is 4. The molecule has 0 spiro atoms. The van der Waals surface area contributed by atoms with Crippen molar-refractivity contribution in [2.24, 2.45) is 0 Å². The molecule has 1 rings (SSSR count). The third-order valence-electron chi connectivity index (χ3n) is 1.59. The summed E-state index contributed by atoms with van der Waals surface area (Å²) in [6, 6.07) is 2.39. The Kier molecular flexibility index (Phi) is 3.27. The van der Waals surface area contributed by atoms with Gasteiger partial charge in [0.25, 0.3) is 5.69 Å². The van der Waals surface area contributed by atoms with E-state index in [1.54, 1.807) is 0 Å². The van der Waals surface area contributed by atoms with Gasteiger partial charge in [-0.25, -0.2) is 0 Å². The van der Waals surface area contributed by atoms with Gasteiger partial charge in [-0.3, -0.25) is 20.2 Å². The van der Waals surface area contributed by atoms with Gasteiger partial charge in [0.15, 0.2) is 0 Å². The Bertz CT molecular complexity index is 580. The number of hydrogen-bond acceptors (Lipinski definition) is 7. The average molecular weight is 262 g/mol. The van der Waals surface area contributed by atoms with Crippen LogP contribution in [0.1, 0.15) is 0 Å². The summed E-state index contributed by atoms with van der Waals surface area (Å²) in [7, 11) is -3.94. The van der Waals surface area contributed by atoms with Crippen molar-refractivity contribution in [2.75, 3.05) is 6.26 Å². The van der Waals surface area contributed by atoms with Gasteiger partial charge in [-0.05, 0) is 6.07 Å². The van der Waals surface area contributed by atoms with E-state index in [2.05, 4.69) is 4.18 Å². The molecule has 92 valence electrons. The summed E-state index contributed by atoms with van der Waals surface area (Å²) >= 11 is 0. The first-order valence-corrected chi connectivity index (χ1v) is 5.84. The summed E-state index contributed by atoms with van der Waals surface area (Å²) in [6.45, 7) is 0. The fraction of sp³-hybridized carbons (Fsp3) is 0.143. The highest BCUT2D eigenvalue weighted by Crippen LogP contribution is 2.31. The Morgan fingerprint density at radius 3 is 2.18 bits per heavy atom. The quantitative estimate of drug-likeness (QED) is 0.446. The van der Waals surface area contributed by atoms with Crippen LogP contribution in [0.4, 0.5) is 11.4 Å². The largest absolute Gasteiger partial charge is 0.375 e. The van der Waals surface area contributed by atoms with Gasteiger partial charge in [0.1, 0.15) is 0 Å². The second-order valence-electron chi connectivity index (χ2n) is 2.95. The number of hydrogen-bond donors (Lipinski definition) is 0. The molecule has 1 aromatic carbocycles. The lowest BCUT2D eigenvalue weighted by molar-refractivity contribution is -0.394. The first kappa shape index (κ1) is 12.8. The van der Waals surface area contributed by atoms with Crippen LogP contribution < -0.4 is 4.18 Å². The smallest absolute Gasteiger partial charge is 0.319 e. The predicted octanol–water partition coefficient (Wildman–Crippen LogP) is 0.841. The summed E-state index contributed by atoms with van der Waals surface area (Å²) in [5, 5.41) is 21.0. The SMILES string of the molecule is CS(=O)(=O)Oc1ccc([N+](=O)[O-])cc1[N+](=O)[O-]. The molecule has 0 N–H and O–H groups in total. The van der Waals surface area contributed by atoms with Crippen LogP contribution in [0.5, 0.6) is 5.75 Å². The molecular weight excluding hydrogens is 256 g/mol. The minimum Gasteiger partial charge on any atom is -0.375 e. The van der Waals surface area contributed by atoms with E-state index in [1.165, 1.54) is 0 Å². The Balaban J connectivity index is 3.32. The summed E-state index contributed by atoms with van der Waals surface area (Å²) in [4.78, 5) is 19.2. The first-order valence-electron chi connectivity index (χ1n) is 4.03. The molecule has 9 nitrogen and oxygen atoms in total. The van der Waals surface area contributed by atoms with Crippen LogP contribution in [0.25, 0.3) is 0 Å². The van der Waals surface area contributed by atoms with Crippen molar-refractivity contribution in [3.63, 3.8) is 0 Å². The highest BCUT2D eigenvalue weighted by molar-refractivity contribution is 7.86. The topological polar surface area (TPSA) is 130 Å². The zero-order chi connectivity index (χ0) is 13.2. The van der Waals surface area contributed by atoms with Crippen molar-refractivity contribution in [2.45, 2.75) is 0 Å². The molecule has 0 aliphatic carbocycles. The van der Waals surface area contributed by atoms with Gasteiger partial charge in [0, 0.05) is 6.07 Å². The van der Waals surface area contributed by atoms with Crippen LogP contribution in [0.15, 0.2) is 18.2 Å². The van der Waals surface area contributed by atoms with Crippen LogP contribution >= 0.6 is 0 Å². The number of nitrogens with zero attached hydrogens (tertiary/aromatic N) is 2. The molecule has 0 saturated heterocycles. The number of non-ortho nitro benzene ring substituents is 1. The third-order valence-corrected chi connectivity index (χ3v) is 2.07. The van der Waals surface area contributed by atoms with Crippen molar-refractivity contribution in [3.8, 4) is 5.75 Å². The van der Waals surface area contributed by atoms with Crippen LogP contribution in [-0.4, -0.2) is 24.5 Å². The van der Waals surface area contributed by atoms with Gasteiger partial charge in [0.2, 0.25) is 5.75 Å². The van der Waals surface area contributed by atoms with E-state index in [-0.39, 0.29) is 0 Å². The molecule has 0 unspecified atom stereocenters. The van der Waals surface area contributed by atoms with Crippen molar-refractivity contribution in [1.29, 1.82) is 0 Å². The van der Waals surface area contributed by atoms with Crippen molar-refractivity contribution >= 4 is 21.5 Å². The van der Waals surface area contributed by atoms with Gasteiger partial charge >= 0.3 is 15.8 Å². The molecule has 0 bridgehead atoms. The van der Waals surface area contributed by atoms with E-state index >= 15 is 0 Å². The standard InChI is InChI=1S/C7H6N2O7S/c1-17(14,15)16-7-3-2-5(8(10)11)4-6(7)9(12)13/h2-4H,1H3. The third kappa shape index (κ3) is 3.38. The van der Waals surface area contributed by atoms with E-state index < -0.39 is 37.1 Å². The fourth-order valence-electron chi connectivity index (χ4n) is 0.996. The Hall–Kier alpha value is -2.23. The highest BCUT2D eigenvalue weighted by atomic mass is 32.2. The minimum atomic E-state index is -3.94. The van der Waals surface area contributed by atoms with E-state index in [0.29, 0.717) is 12.3 Å². The van der Waals surface area contributed by atoms with Gasteiger partial charge in [-0.1, -0.05) is 0 Å². The van der Waals surface area contributed by atoms with Gasteiger partial charge in [-0.15, -0.1) is 0 Å².